The molecule has 0 aliphatic heterocycles. The standard InChI is InChI=1S/C12H15BrN2O/c1-8-3-2-4-10(12(8)13)15-11(16)7-14-9-5-6-9/h2-4,9,14H,5-7H2,1H3,(H,15,16). The molecule has 1 aliphatic carbocycles. The molecular formula is C12H15BrN2O. The third-order valence-corrected chi connectivity index (χ3v) is 3.65. The molecule has 0 unspecified atom stereocenters. The number of nitrogens with one attached hydrogen (secondary N) is 2. The highest BCUT2D eigenvalue weighted by atomic mass is 79.9. The molecule has 1 fully saturated rings. The quantitative estimate of drug-likeness (QED) is 0.891. The maximum absolute atomic E-state index is 11.6. The number of amides is 1. The monoisotopic (exact) mass is 282 g/mol. The minimum atomic E-state index is 0.0122. The first-order valence-corrected chi connectivity index (χ1v) is 6.24. The molecule has 2 N–H and O–H groups in total. The van der Waals surface area contributed by atoms with Crippen molar-refractivity contribution in [1.82, 2.24) is 5.32 Å². The second-order valence-electron chi connectivity index (χ2n) is 4.14. The molecule has 4 heteroatoms. The summed E-state index contributed by atoms with van der Waals surface area (Å²) < 4.78 is 0.953. The van der Waals surface area contributed by atoms with Crippen LogP contribution in [0, 0.1) is 6.92 Å². The summed E-state index contributed by atoms with van der Waals surface area (Å²) in [7, 11) is 0. The summed E-state index contributed by atoms with van der Waals surface area (Å²) in [5, 5.41) is 6.07. The van der Waals surface area contributed by atoms with Gasteiger partial charge in [-0.15, -0.1) is 0 Å². The zero-order valence-electron chi connectivity index (χ0n) is 9.22. The lowest BCUT2D eigenvalue weighted by Crippen LogP contribution is -2.29. The van der Waals surface area contributed by atoms with Gasteiger partial charge < -0.3 is 10.6 Å². The normalized spacial score (nSPS) is 14.9. The first-order chi connectivity index (χ1) is 7.66. The average Bonchev–Trinajstić information content (AvgIpc) is 3.06. The Labute approximate surface area is 104 Å². The van der Waals surface area contributed by atoms with E-state index in [1.165, 1.54) is 12.8 Å². The van der Waals surface area contributed by atoms with E-state index in [0.29, 0.717) is 12.6 Å². The van der Waals surface area contributed by atoms with Crippen LogP contribution in [0.3, 0.4) is 0 Å². The highest BCUT2D eigenvalue weighted by Crippen LogP contribution is 2.25. The Morgan fingerprint density at radius 1 is 1.50 bits per heavy atom. The van der Waals surface area contributed by atoms with E-state index >= 15 is 0 Å². The van der Waals surface area contributed by atoms with Crippen LogP contribution >= 0.6 is 15.9 Å². The predicted octanol–water partition coefficient (Wildman–Crippen LogP) is 2.45. The molecule has 86 valence electrons. The van der Waals surface area contributed by atoms with Crippen LogP contribution in [-0.4, -0.2) is 18.5 Å². The fourth-order valence-corrected chi connectivity index (χ4v) is 1.83. The number of anilines is 1. The molecule has 1 aromatic rings. The molecular weight excluding hydrogens is 268 g/mol. The largest absolute Gasteiger partial charge is 0.324 e. The Kier molecular flexibility index (Phi) is 3.61. The fraction of sp³-hybridized carbons (Fsp3) is 0.417. The van der Waals surface area contributed by atoms with E-state index in [2.05, 4.69) is 26.6 Å². The molecule has 1 aromatic carbocycles. The minimum absolute atomic E-state index is 0.0122. The zero-order chi connectivity index (χ0) is 11.5. The maximum Gasteiger partial charge on any atom is 0.238 e. The Hall–Kier alpha value is -0.870. The SMILES string of the molecule is Cc1cccc(NC(=O)CNC2CC2)c1Br. The van der Waals surface area contributed by atoms with Gasteiger partial charge >= 0.3 is 0 Å². The predicted molar refractivity (Wildman–Crippen MR) is 68.5 cm³/mol. The van der Waals surface area contributed by atoms with E-state index in [9.17, 15) is 4.79 Å². The minimum Gasteiger partial charge on any atom is -0.324 e. The number of aryl methyl sites for hydroxylation is 1. The smallest absolute Gasteiger partial charge is 0.238 e. The van der Waals surface area contributed by atoms with Crippen LogP contribution in [0.2, 0.25) is 0 Å². The van der Waals surface area contributed by atoms with Crippen LogP contribution in [0.25, 0.3) is 0 Å². The maximum atomic E-state index is 11.6. The number of benzene rings is 1. The van der Waals surface area contributed by atoms with Crippen LogP contribution in [0.15, 0.2) is 22.7 Å². The van der Waals surface area contributed by atoms with Crippen molar-refractivity contribution < 1.29 is 4.79 Å². The van der Waals surface area contributed by atoms with Crippen molar-refractivity contribution in [3.8, 4) is 0 Å². The number of rotatable bonds is 4. The molecule has 0 radical (unpaired) electrons. The lowest BCUT2D eigenvalue weighted by molar-refractivity contribution is -0.115. The first kappa shape index (κ1) is 11.6. The highest BCUT2D eigenvalue weighted by Gasteiger charge is 2.21. The van der Waals surface area contributed by atoms with E-state index < -0.39 is 0 Å². The van der Waals surface area contributed by atoms with E-state index in [1.54, 1.807) is 0 Å². The lowest BCUT2D eigenvalue weighted by atomic mass is 10.2. The molecule has 3 nitrogen and oxygen atoms in total. The van der Waals surface area contributed by atoms with Gasteiger partial charge in [0.1, 0.15) is 0 Å². The molecule has 0 aromatic heterocycles. The third kappa shape index (κ3) is 3.06. The van der Waals surface area contributed by atoms with Crippen molar-refractivity contribution in [2.45, 2.75) is 25.8 Å². The summed E-state index contributed by atoms with van der Waals surface area (Å²) in [4.78, 5) is 11.6. The summed E-state index contributed by atoms with van der Waals surface area (Å²) >= 11 is 3.47. The molecule has 0 bridgehead atoms. The summed E-state index contributed by atoms with van der Waals surface area (Å²) in [6, 6.07) is 6.39. The average molecular weight is 283 g/mol. The fourth-order valence-electron chi connectivity index (χ4n) is 1.46. The van der Waals surface area contributed by atoms with Gasteiger partial charge in [0.05, 0.1) is 12.2 Å². The van der Waals surface area contributed by atoms with Crippen LogP contribution < -0.4 is 10.6 Å². The molecule has 1 amide bonds. The Balaban J connectivity index is 1.91. The Bertz CT molecular complexity index is 402. The molecule has 2 rings (SSSR count). The van der Waals surface area contributed by atoms with E-state index in [-0.39, 0.29) is 5.91 Å². The first-order valence-electron chi connectivity index (χ1n) is 5.45. The van der Waals surface area contributed by atoms with Gasteiger partial charge in [0, 0.05) is 10.5 Å². The van der Waals surface area contributed by atoms with Gasteiger partial charge in [0.15, 0.2) is 0 Å². The Morgan fingerprint density at radius 2 is 2.25 bits per heavy atom. The molecule has 0 saturated heterocycles. The van der Waals surface area contributed by atoms with Crippen molar-refractivity contribution in [2.24, 2.45) is 0 Å². The molecule has 0 spiro atoms. The van der Waals surface area contributed by atoms with Gasteiger partial charge in [-0.05, 0) is 47.3 Å². The summed E-state index contributed by atoms with van der Waals surface area (Å²) in [5.74, 6) is 0.0122. The molecule has 0 atom stereocenters. The summed E-state index contributed by atoms with van der Waals surface area (Å²) in [6.07, 6.45) is 2.39. The second-order valence-corrected chi connectivity index (χ2v) is 4.93. The van der Waals surface area contributed by atoms with Gasteiger partial charge in [-0.3, -0.25) is 4.79 Å². The van der Waals surface area contributed by atoms with E-state index in [0.717, 1.165) is 15.7 Å². The zero-order valence-corrected chi connectivity index (χ0v) is 10.8. The lowest BCUT2D eigenvalue weighted by Gasteiger charge is -2.09. The van der Waals surface area contributed by atoms with Crippen molar-refractivity contribution in [3.63, 3.8) is 0 Å². The number of carbonyl (C=O) groups is 1. The number of halogens is 1. The highest BCUT2D eigenvalue weighted by molar-refractivity contribution is 9.10. The second kappa shape index (κ2) is 4.97. The van der Waals surface area contributed by atoms with Crippen molar-refractivity contribution in [2.75, 3.05) is 11.9 Å². The van der Waals surface area contributed by atoms with Crippen LogP contribution in [0.5, 0.6) is 0 Å². The van der Waals surface area contributed by atoms with Gasteiger partial charge in [0.25, 0.3) is 0 Å². The van der Waals surface area contributed by atoms with Crippen molar-refractivity contribution in [1.29, 1.82) is 0 Å². The third-order valence-electron chi connectivity index (χ3n) is 2.59. The number of hydrogen-bond donors (Lipinski definition) is 2. The number of hydrogen-bond acceptors (Lipinski definition) is 2. The molecule has 0 heterocycles. The molecule has 1 saturated carbocycles. The van der Waals surface area contributed by atoms with Gasteiger partial charge in [-0.2, -0.15) is 0 Å². The molecule has 16 heavy (non-hydrogen) atoms. The van der Waals surface area contributed by atoms with Crippen LogP contribution in [-0.2, 0) is 4.79 Å². The molecule has 1 aliphatic rings. The van der Waals surface area contributed by atoms with E-state index in [1.807, 2.05) is 25.1 Å². The Morgan fingerprint density at radius 3 is 2.94 bits per heavy atom. The topological polar surface area (TPSA) is 41.1 Å². The van der Waals surface area contributed by atoms with Crippen molar-refractivity contribution >= 4 is 27.5 Å². The van der Waals surface area contributed by atoms with Gasteiger partial charge in [0.2, 0.25) is 5.91 Å². The van der Waals surface area contributed by atoms with E-state index in [4.69, 9.17) is 0 Å². The number of carbonyl (C=O) groups excluding carboxylic acids is 1. The van der Waals surface area contributed by atoms with Gasteiger partial charge in [-0.1, -0.05) is 12.1 Å². The summed E-state index contributed by atoms with van der Waals surface area (Å²) in [6.45, 7) is 2.40. The van der Waals surface area contributed by atoms with Crippen molar-refractivity contribution in [3.05, 3.63) is 28.2 Å². The van der Waals surface area contributed by atoms with Gasteiger partial charge in [-0.25, -0.2) is 0 Å². The van der Waals surface area contributed by atoms with Crippen LogP contribution in [0.1, 0.15) is 18.4 Å². The summed E-state index contributed by atoms with van der Waals surface area (Å²) in [5.41, 5.74) is 1.95. The van der Waals surface area contributed by atoms with Crippen LogP contribution in [0.4, 0.5) is 5.69 Å².